The van der Waals surface area contributed by atoms with Gasteiger partial charge in [0.2, 0.25) is 0 Å². The fourth-order valence-corrected chi connectivity index (χ4v) is 8.08. The molecule has 0 aromatic carbocycles. The molecule has 0 radical (unpaired) electrons. The van der Waals surface area contributed by atoms with E-state index in [2.05, 4.69) is 19.9 Å². The normalized spacial score (nSPS) is 46.9. The monoisotopic (exact) mass is 404 g/mol. The predicted octanol–water partition coefficient (Wildman–Crippen LogP) is 4.77. The third kappa shape index (κ3) is 3.39. The SMILES string of the molecule is CC(=O)OC1CCC2(C)C(=CCC3C2CCC2(C)C3CCC2(O)CC(C)(C)O)C1. The van der Waals surface area contributed by atoms with Crippen LogP contribution in [0.25, 0.3) is 0 Å². The summed E-state index contributed by atoms with van der Waals surface area (Å²) in [5.41, 5.74) is -0.00403. The molecule has 0 spiro atoms. The quantitative estimate of drug-likeness (QED) is 0.525. The molecule has 29 heavy (non-hydrogen) atoms. The fraction of sp³-hybridized carbons (Fsp3) is 0.880. The van der Waals surface area contributed by atoms with Gasteiger partial charge in [0.1, 0.15) is 6.10 Å². The van der Waals surface area contributed by atoms with Gasteiger partial charge in [-0.15, -0.1) is 0 Å². The van der Waals surface area contributed by atoms with Crippen LogP contribution >= 0.6 is 0 Å². The molecular formula is C25H40O4. The Balaban J connectivity index is 1.58. The lowest BCUT2D eigenvalue weighted by Gasteiger charge is -2.59. The largest absolute Gasteiger partial charge is 0.462 e. The molecule has 4 aliphatic carbocycles. The Hall–Kier alpha value is -0.870. The van der Waals surface area contributed by atoms with E-state index in [1.165, 1.54) is 12.5 Å². The first-order valence-corrected chi connectivity index (χ1v) is 11.7. The van der Waals surface area contributed by atoms with Gasteiger partial charge in [0.05, 0.1) is 11.2 Å². The molecule has 0 saturated heterocycles. The fourth-order valence-electron chi connectivity index (χ4n) is 8.08. The lowest BCUT2D eigenvalue weighted by molar-refractivity contribution is -0.154. The topological polar surface area (TPSA) is 66.8 Å². The smallest absolute Gasteiger partial charge is 0.302 e. The molecule has 4 rings (SSSR count). The summed E-state index contributed by atoms with van der Waals surface area (Å²) in [5, 5.41) is 22.1. The van der Waals surface area contributed by atoms with E-state index < -0.39 is 11.2 Å². The van der Waals surface area contributed by atoms with Crippen molar-refractivity contribution < 1.29 is 19.7 Å². The Morgan fingerprint density at radius 3 is 2.52 bits per heavy atom. The number of hydrogen-bond donors (Lipinski definition) is 2. The first-order chi connectivity index (χ1) is 13.4. The molecule has 4 nitrogen and oxygen atoms in total. The molecule has 0 heterocycles. The highest BCUT2D eigenvalue weighted by molar-refractivity contribution is 5.66. The van der Waals surface area contributed by atoms with E-state index in [9.17, 15) is 15.0 Å². The molecule has 3 fully saturated rings. The predicted molar refractivity (Wildman–Crippen MR) is 113 cm³/mol. The van der Waals surface area contributed by atoms with E-state index in [4.69, 9.17) is 4.74 Å². The van der Waals surface area contributed by atoms with Crippen molar-refractivity contribution in [2.24, 2.45) is 28.6 Å². The summed E-state index contributed by atoms with van der Waals surface area (Å²) < 4.78 is 5.54. The van der Waals surface area contributed by atoms with Crippen molar-refractivity contribution in [3.8, 4) is 0 Å². The number of allylic oxidation sites excluding steroid dienone is 1. The zero-order valence-electron chi connectivity index (χ0n) is 19.0. The van der Waals surface area contributed by atoms with E-state index in [0.717, 1.165) is 51.4 Å². The zero-order chi connectivity index (χ0) is 21.2. The molecule has 3 saturated carbocycles. The van der Waals surface area contributed by atoms with Gasteiger partial charge in [-0.3, -0.25) is 4.79 Å². The van der Waals surface area contributed by atoms with Crippen LogP contribution in [-0.2, 0) is 9.53 Å². The molecule has 4 heteroatoms. The molecule has 0 bridgehead atoms. The van der Waals surface area contributed by atoms with Gasteiger partial charge in [0.15, 0.2) is 0 Å². The van der Waals surface area contributed by atoms with Crippen LogP contribution in [0, 0.1) is 28.6 Å². The average Bonchev–Trinajstić information content (AvgIpc) is 2.84. The minimum absolute atomic E-state index is 0.0422. The summed E-state index contributed by atoms with van der Waals surface area (Å²) in [6, 6.07) is 0. The molecular weight excluding hydrogens is 364 g/mol. The number of carbonyl (C=O) groups is 1. The molecule has 7 unspecified atom stereocenters. The lowest BCUT2D eigenvalue weighted by atomic mass is 9.46. The van der Waals surface area contributed by atoms with Crippen molar-refractivity contribution in [1.82, 2.24) is 0 Å². The second-order valence-corrected chi connectivity index (χ2v) is 11.7. The van der Waals surface area contributed by atoms with Crippen LogP contribution in [0.3, 0.4) is 0 Å². The van der Waals surface area contributed by atoms with E-state index in [1.807, 2.05) is 13.8 Å². The highest BCUT2D eigenvalue weighted by Crippen LogP contribution is 2.68. The van der Waals surface area contributed by atoms with Crippen molar-refractivity contribution in [1.29, 1.82) is 0 Å². The minimum atomic E-state index is -0.843. The van der Waals surface area contributed by atoms with Crippen molar-refractivity contribution >= 4 is 5.97 Å². The second kappa shape index (κ2) is 6.82. The first kappa shape index (κ1) is 21.4. The molecule has 164 valence electrons. The van der Waals surface area contributed by atoms with Crippen LogP contribution in [-0.4, -0.2) is 33.5 Å². The molecule has 0 amide bonds. The Morgan fingerprint density at radius 1 is 1.17 bits per heavy atom. The number of carbonyl (C=O) groups excluding carboxylic acids is 1. The van der Waals surface area contributed by atoms with E-state index in [0.29, 0.717) is 24.2 Å². The van der Waals surface area contributed by atoms with Crippen molar-refractivity contribution in [3.63, 3.8) is 0 Å². The van der Waals surface area contributed by atoms with Gasteiger partial charge in [-0.25, -0.2) is 0 Å². The highest BCUT2D eigenvalue weighted by Gasteiger charge is 2.64. The average molecular weight is 405 g/mol. The summed E-state index contributed by atoms with van der Waals surface area (Å²) in [6.07, 6.45) is 11.1. The Morgan fingerprint density at radius 2 is 1.86 bits per heavy atom. The number of ether oxygens (including phenoxy) is 1. The molecule has 0 aliphatic heterocycles. The second-order valence-electron chi connectivity index (χ2n) is 11.7. The van der Waals surface area contributed by atoms with Crippen LogP contribution in [0.5, 0.6) is 0 Å². The third-order valence-electron chi connectivity index (χ3n) is 9.44. The van der Waals surface area contributed by atoms with E-state index in [1.54, 1.807) is 0 Å². The maximum Gasteiger partial charge on any atom is 0.302 e. The summed E-state index contributed by atoms with van der Waals surface area (Å²) in [4.78, 5) is 11.4. The molecule has 2 N–H and O–H groups in total. The van der Waals surface area contributed by atoms with Crippen LogP contribution in [0.4, 0.5) is 0 Å². The summed E-state index contributed by atoms with van der Waals surface area (Å²) in [7, 11) is 0. The van der Waals surface area contributed by atoms with Crippen molar-refractivity contribution in [2.45, 2.75) is 110 Å². The van der Waals surface area contributed by atoms with Crippen LogP contribution in [0.1, 0.15) is 92.4 Å². The summed E-state index contributed by atoms with van der Waals surface area (Å²) >= 11 is 0. The van der Waals surface area contributed by atoms with Gasteiger partial charge in [-0.05, 0) is 87.4 Å². The molecule has 7 atom stereocenters. The Labute approximate surface area is 176 Å². The standard InChI is InChI=1S/C25H40O4/c1-16(26)29-18-8-11-23(4)17(14-18)6-7-19-20(23)9-12-24(5)21(19)10-13-25(24,28)15-22(2,3)27/h6,18-21,27-28H,7-15H2,1-5H3. The Kier molecular flexibility index (Phi) is 5.02. The third-order valence-corrected chi connectivity index (χ3v) is 9.44. The first-order valence-electron chi connectivity index (χ1n) is 11.7. The van der Waals surface area contributed by atoms with Crippen LogP contribution < -0.4 is 0 Å². The van der Waals surface area contributed by atoms with Gasteiger partial charge in [-0.1, -0.05) is 25.5 Å². The maximum absolute atomic E-state index is 11.7. The van der Waals surface area contributed by atoms with Crippen molar-refractivity contribution in [3.05, 3.63) is 11.6 Å². The molecule has 0 aromatic rings. The Bertz CT molecular complexity index is 706. The van der Waals surface area contributed by atoms with Gasteiger partial charge < -0.3 is 14.9 Å². The summed E-state index contributed by atoms with van der Waals surface area (Å²) in [5.74, 6) is 1.62. The lowest BCUT2D eigenvalue weighted by Crippen LogP contribution is -2.56. The van der Waals surface area contributed by atoms with Crippen LogP contribution in [0.2, 0.25) is 0 Å². The van der Waals surface area contributed by atoms with E-state index >= 15 is 0 Å². The number of rotatable bonds is 3. The molecule has 0 aromatic heterocycles. The summed E-state index contributed by atoms with van der Waals surface area (Å²) in [6.45, 7) is 9.90. The highest BCUT2D eigenvalue weighted by atomic mass is 16.5. The minimum Gasteiger partial charge on any atom is -0.462 e. The number of esters is 1. The zero-order valence-corrected chi connectivity index (χ0v) is 19.0. The van der Waals surface area contributed by atoms with Gasteiger partial charge in [0.25, 0.3) is 0 Å². The number of aliphatic hydroxyl groups is 2. The number of hydrogen-bond acceptors (Lipinski definition) is 4. The maximum atomic E-state index is 11.7. The van der Waals surface area contributed by atoms with E-state index in [-0.39, 0.29) is 22.9 Å². The van der Waals surface area contributed by atoms with Gasteiger partial charge >= 0.3 is 5.97 Å². The molecule has 4 aliphatic rings. The van der Waals surface area contributed by atoms with Crippen molar-refractivity contribution in [2.75, 3.05) is 0 Å². The van der Waals surface area contributed by atoms with Crippen LogP contribution in [0.15, 0.2) is 11.6 Å². The van der Waals surface area contributed by atoms with Gasteiger partial charge in [-0.2, -0.15) is 0 Å². The number of fused-ring (bicyclic) bond motifs is 5. The van der Waals surface area contributed by atoms with Gasteiger partial charge in [0, 0.05) is 19.8 Å².